The molecule has 1 fully saturated rings. The Morgan fingerprint density at radius 2 is 1.85 bits per heavy atom. The third-order valence-electron chi connectivity index (χ3n) is 4.13. The molecule has 0 radical (unpaired) electrons. The summed E-state index contributed by atoms with van der Waals surface area (Å²) in [6.45, 7) is 11.2. The smallest absolute Gasteiger partial charge is 0.0629 e. The SMILES string of the molecule is CC1C(C)(C)CC/C(=N\O)C1(C)C. The van der Waals surface area contributed by atoms with Gasteiger partial charge >= 0.3 is 0 Å². The van der Waals surface area contributed by atoms with Gasteiger partial charge in [-0.25, -0.2) is 0 Å². The van der Waals surface area contributed by atoms with E-state index in [0.717, 1.165) is 18.6 Å². The first kappa shape index (κ1) is 10.6. The maximum Gasteiger partial charge on any atom is 0.0629 e. The molecule has 76 valence electrons. The molecule has 0 heterocycles. The fourth-order valence-electron chi connectivity index (χ4n) is 2.38. The van der Waals surface area contributed by atoms with Gasteiger partial charge in [-0.15, -0.1) is 0 Å². The first-order valence-electron chi connectivity index (χ1n) is 5.04. The average Bonchev–Trinajstić information content (AvgIpc) is 2.01. The van der Waals surface area contributed by atoms with Gasteiger partial charge in [-0.05, 0) is 24.2 Å². The van der Waals surface area contributed by atoms with Crippen LogP contribution in [0, 0.1) is 16.7 Å². The molecule has 1 aliphatic rings. The minimum absolute atomic E-state index is 0.0382. The first-order chi connectivity index (χ1) is 5.82. The number of hydrogen-bond donors (Lipinski definition) is 1. The standard InChI is InChI=1S/C11H21NO/c1-8-10(2,3)7-6-9(12-13)11(8,4)5/h8,13H,6-7H2,1-5H3/b12-9+. The van der Waals surface area contributed by atoms with Gasteiger partial charge in [0.2, 0.25) is 0 Å². The molecular formula is C11H21NO. The van der Waals surface area contributed by atoms with Crippen LogP contribution >= 0.6 is 0 Å². The van der Waals surface area contributed by atoms with Crippen LogP contribution in [0.5, 0.6) is 0 Å². The summed E-state index contributed by atoms with van der Waals surface area (Å²) in [5.41, 5.74) is 1.35. The molecule has 2 nitrogen and oxygen atoms in total. The normalized spacial score (nSPS) is 34.8. The molecule has 0 aliphatic heterocycles. The lowest BCUT2D eigenvalue weighted by atomic mass is 9.57. The van der Waals surface area contributed by atoms with Crippen molar-refractivity contribution in [3.8, 4) is 0 Å². The van der Waals surface area contributed by atoms with Gasteiger partial charge in [0.25, 0.3) is 0 Å². The molecule has 0 amide bonds. The zero-order valence-electron chi connectivity index (χ0n) is 9.39. The highest BCUT2D eigenvalue weighted by Gasteiger charge is 2.44. The van der Waals surface area contributed by atoms with Crippen LogP contribution in [0.15, 0.2) is 5.16 Å². The molecule has 13 heavy (non-hydrogen) atoms. The van der Waals surface area contributed by atoms with Crippen molar-refractivity contribution in [2.75, 3.05) is 0 Å². The fraction of sp³-hybridized carbons (Fsp3) is 0.909. The molecule has 2 heteroatoms. The van der Waals surface area contributed by atoms with E-state index in [1.54, 1.807) is 0 Å². The van der Waals surface area contributed by atoms with Gasteiger partial charge in [0.05, 0.1) is 5.71 Å². The summed E-state index contributed by atoms with van der Waals surface area (Å²) in [5.74, 6) is 0.555. The van der Waals surface area contributed by atoms with E-state index in [1.807, 2.05) is 0 Å². The topological polar surface area (TPSA) is 32.6 Å². The van der Waals surface area contributed by atoms with Crippen molar-refractivity contribution < 1.29 is 5.21 Å². The third-order valence-corrected chi connectivity index (χ3v) is 4.13. The summed E-state index contributed by atoms with van der Waals surface area (Å²) in [7, 11) is 0. The van der Waals surface area contributed by atoms with Gasteiger partial charge < -0.3 is 5.21 Å². The molecule has 1 saturated carbocycles. The maximum atomic E-state index is 8.90. The highest BCUT2D eigenvalue weighted by Crippen LogP contribution is 2.48. The second-order valence-corrected chi connectivity index (χ2v) is 5.48. The van der Waals surface area contributed by atoms with E-state index in [9.17, 15) is 0 Å². The Kier molecular flexibility index (Phi) is 2.44. The molecule has 0 aromatic heterocycles. The van der Waals surface area contributed by atoms with Crippen LogP contribution in [0.1, 0.15) is 47.5 Å². The van der Waals surface area contributed by atoms with Gasteiger partial charge in [-0.2, -0.15) is 0 Å². The number of oxime groups is 1. The Labute approximate surface area is 81.0 Å². The van der Waals surface area contributed by atoms with Crippen LogP contribution < -0.4 is 0 Å². The predicted molar refractivity (Wildman–Crippen MR) is 55.2 cm³/mol. The Morgan fingerprint density at radius 3 is 2.31 bits per heavy atom. The average molecular weight is 183 g/mol. The first-order valence-corrected chi connectivity index (χ1v) is 5.04. The van der Waals surface area contributed by atoms with Gasteiger partial charge in [0.15, 0.2) is 0 Å². The second kappa shape index (κ2) is 3.00. The van der Waals surface area contributed by atoms with E-state index < -0.39 is 0 Å². The molecule has 1 unspecified atom stereocenters. The minimum atomic E-state index is 0.0382. The van der Waals surface area contributed by atoms with Crippen LogP contribution in [-0.2, 0) is 0 Å². The number of hydrogen-bond acceptors (Lipinski definition) is 2. The van der Waals surface area contributed by atoms with E-state index in [1.165, 1.54) is 0 Å². The summed E-state index contributed by atoms with van der Waals surface area (Å²) < 4.78 is 0. The Balaban J connectivity index is 2.99. The highest BCUT2D eigenvalue weighted by molar-refractivity contribution is 5.90. The molecule has 0 saturated heterocycles. The van der Waals surface area contributed by atoms with Crippen LogP contribution in [-0.4, -0.2) is 10.9 Å². The Hall–Kier alpha value is -0.530. The van der Waals surface area contributed by atoms with Crippen molar-refractivity contribution >= 4 is 5.71 Å². The molecule has 0 aromatic rings. The van der Waals surface area contributed by atoms with E-state index in [4.69, 9.17) is 5.21 Å². The summed E-state index contributed by atoms with van der Waals surface area (Å²) >= 11 is 0. The van der Waals surface area contributed by atoms with Gasteiger partial charge in [0.1, 0.15) is 0 Å². The van der Waals surface area contributed by atoms with Crippen LogP contribution in [0.3, 0.4) is 0 Å². The molecule has 0 spiro atoms. The predicted octanol–water partition coefficient (Wildman–Crippen LogP) is 3.30. The van der Waals surface area contributed by atoms with Crippen molar-refractivity contribution in [1.82, 2.24) is 0 Å². The molecule has 1 atom stereocenters. The highest BCUT2D eigenvalue weighted by atomic mass is 16.4. The molecule has 0 bridgehead atoms. The summed E-state index contributed by atoms with van der Waals surface area (Å²) in [6.07, 6.45) is 2.05. The molecule has 0 aromatic carbocycles. The van der Waals surface area contributed by atoms with Crippen LogP contribution in [0.4, 0.5) is 0 Å². The maximum absolute atomic E-state index is 8.90. The minimum Gasteiger partial charge on any atom is -0.411 e. The lowest BCUT2D eigenvalue weighted by Gasteiger charge is -2.47. The zero-order valence-corrected chi connectivity index (χ0v) is 9.39. The van der Waals surface area contributed by atoms with Crippen molar-refractivity contribution in [1.29, 1.82) is 0 Å². The van der Waals surface area contributed by atoms with E-state index >= 15 is 0 Å². The summed E-state index contributed by atoms with van der Waals surface area (Å²) in [6, 6.07) is 0. The third kappa shape index (κ3) is 1.59. The van der Waals surface area contributed by atoms with Crippen molar-refractivity contribution in [2.24, 2.45) is 21.9 Å². The van der Waals surface area contributed by atoms with Crippen LogP contribution in [0.25, 0.3) is 0 Å². The molecular weight excluding hydrogens is 162 g/mol. The lowest BCUT2D eigenvalue weighted by molar-refractivity contribution is 0.103. The fourth-order valence-corrected chi connectivity index (χ4v) is 2.38. The lowest BCUT2D eigenvalue weighted by Crippen LogP contribution is -2.44. The van der Waals surface area contributed by atoms with Gasteiger partial charge in [0, 0.05) is 5.41 Å². The second-order valence-electron chi connectivity index (χ2n) is 5.48. The van der Waals surface area contributed by atoms with Crippen molar-refractivity contribution in [3.63, 3.8) is 0 Å². The summed E-state index contributed by atoms with van der Waals surface area (Å²) in [5, 5.41) is 12.3. The monoisotopic (exact) mass is 183 g/mol. The summed E-state index contributed by atoms with van der Waals surface area (Å²) in [4.78, 5) is 0. The quantitative estimate of drug-likeness (QED) is 0.453. The van der Waals surface area contributed by atoms with Crippen molar-refractivity contribution in [2.45, 2.75) is 47.5 Å². The largest absolute Gasteiger partial charge is 0.411 e. The molecule has 1 aliphatic carbocycles. The van der Waals surface area contributed by atoms with Crippen LogP contribution in [0.2, 0.25) is 0 Å². The Morgan fingerprint density at radius 1 is 1.31 bits per heavy atom. The zero-order chi connectivity index (χ0) is 10.3. The van der Waals surface area contributed by atoms with E-state index in [0.29, 0.717) is 11.3 Å². The van der Waals surface area contributed by atoms with E-state index in [-0.39, 0.29) is 5.41 Å². The van der Waals surface area contributed by atoms with Gasteiger partial charge in [-0.1, -0.05) is 39.8 Å². The van der Waals surface area contributed by atoms with Crippen molar-refractivity contribution in [3.05, 3.63) is 0 Å². The Bertz CT molecular complexity index is 228. The number of rotatable bonds is 0. The molecule has 1 rings (SSSR count). The number of nitrogens with zero attached hydrogens (tertiary/aromatic N) is 1. The van der Waals surface area contributed by atoms with Gasteiger partial charge in [-0.3, -0.25) is 0 Å². The van der Waals surface area contributed by atoms with E-state index in [2.05, 4.69) is 39.8 Å². The molecule has 1 N–H and O–H groups in total.